The van der Waals surface area contributed by atoms with Crippen LogP contribution in [0.2, 0.25) is 0 Å². The van der Waals surface area contributed by atoms with Crippen LogP contribution in [0.5, 0.6) is 11.5 Å². The lowest BCUT2D eigenvalue weighted by Crippen LogP contribution is -2.14. The van der Waals surface area contributed by atoms with Crippen LogP contribution in [-0.2, 0) is 10.0 Å². The molecule has 128 valence electrons. The first-order chi connectivity index (χ1) is 11.8. The zero-order valence-corrected chi connectivity index (χ0v) is 14.2. The maximum Gasteiger partial charge on any atom is 0.236 e. The molecule has 0 saturated carbocycles. The van der Waals surface area contributed by atoms with Crippen molar-refractivity contribution in [3.63, 3.8) is 0 Å². The number of carbonyl (C=O) groups is 1. The van der Waals surface area contributed by atoms with Crippen molar-refractivity contribution in [1.82, 2.24) is 8.54 Å². The van der Waals surface area contributed by atoms with Gasteiger partial charge in [0.05, 0.1) is 24.7 Å². The standard InChI is InChI=1S/C17H14N2O5S/c1-24-14-6-5-10(8-13(14)20)11-9-19(25(2,22)23)16-15(11)18-7-3-4-12(18)17(16)21/h3-9,20H,1-2H3. The van der Waals surface area contributed by atoms with Gasteiger partial charge >= 0.3 is 0 Å². The second kappa shape index (κ2) is 5.00. The molecule has 0 bridgehead atoms. The summed E-state index contributed by atoms with van der Waals surface area (Å²) in [5.74, 6) is -0.118. The number of ketones is 1. The molecule has 8 heteroatoms. The number of carbonyl (C=O) groups excluding carboxylic acids is 1. The first kappa shape index (κ1) is 15.5. The number of aromatic nitrogens is 2. The minimum atomic E-state index is -3.67. The molecular weight excluding hydrogens is 344 g/mol. The SMILES string of the molecule is COc1ccc(-c2cn(S(C)(=O)=O)c3c2-n2cccc2C3=O)cc1O. The van der Waals surface area contributed by atoms with Gasteiger partial charge in [-0.25, -0.2) is 12.4 Å². The molecule has 2 aromatic heterocycles. The van der Waals surface area contributed by atoms with E-state index in [0.717, 1.165) is 10.2 Å². The summed E-state index contributed by atoms with van der Waals surface area (Å²) in [5.41, 5.74) is 2.10. The van der Waals surface area contributed by atoms with Gasteiger partial charge in [0.25, 0.3) is 0 Å². The van der Waals surface area contributed by atoms with Crippen molar-refractivity contribution >= 4 is 15.8 Å². The van der Waals surface area contributed by atoms with Crippen LogP contribution < -0.4 is 4.74 Å². The Bertz CT molecular complexity index is 1140. The van der Waals surface area contributed by atoms with E-state index in [9.17, 15) is 18.3 Å². The molecule has 4 rings (SSSR count). The quantitative estimate of drug-likeness (QED) is 0.605. The molecule has 1 aliphatic heterocycles. The molecule has 0 amide bonds. The fourth-order valence-electron chi connectivity index (χ4n) is 3.14. The van der Waals surface area contributed by atoms with E-state index >= 15 is 0 Å². The number of hydrogen-bond donors (Lipinski definition) is 1. The first-order valence-corrected chi connectivity index (χ1v) is 9.23. The van der Waals surface area contributed by atoms with Gasteiger partial charge in [0.15, 0.2) is 11.5 Å². The van der Waals surface area contributed by atoms with E-state index in [-0.39, 0.29) is 17.2 Å². The Kier molecular flexibility index (Phi) is 3.10. The Hall–Kier alpha value is -3.00. The van der Waals surface area contributed by atoms with E-state index in [0.29, 0.717) is 28.3 Å². The highest BCUT2D eigenvalue weighted by molar-refractivity contribution is 7.89. The smallest absolute Gasteiger partial charge is 0.236 e. The molecule has 25 heavy (non-hydrogen) atoms. The average Bonchev–Trinajstić information content (AvgIpc) is 3.22. The van der Waals surface area contributed by atoms with Crippen LogP contribution in [0.15, 0.2) is 42.7 Å². The fraction of sp³-hybridized carbons (Fsp3) is 0.118. The summed E-state index contributed by atoms with van der Waals surface area (Å²) >= 11 is 0. The maximum absolute atomic E-state index is 12.7. The van der Waals surface area contributed by atoms with Gasteiger partial charge in [-0.3, -0.25) is 4.79 Å². The molecule has 1 aromatic carbocycles. The summed E-state index contributed by atoms with van der Waals surface area (Å²) in [6.07, 6.45) is 4.16. The topological polar surface area (TPSA) is 90.5 Å². The van der Waals surface area contributed by atoms with Gasteiger partial charge < -0.3 is 14.4 Å². The Balaban J connectivity index is 2.05. The summed E-state index contributed by atoms with van der Waals surface area (Å²) < 4.78 is 32.0. The van der Waals surface area contributed by atoms with Gasteiger partial charge in [-0.05, 0) is 29.8 Å². The Morgan fingerprint density at radius 1 is 1.20 bits per heavy atom. The van der Waals surface area contributed by atoms with Crippen LogP contribution >= 0.6 is 0 Å². The van der Waals surface area contributed by atoms with Crippen molar-refractivity contribution in [2.45, 2.75) is 0 Å². The number of fused-ring (bicyclic) bond motifs is 3. The number of ether oxygens (including phenoxy) is 1. The normalized spacial score (nSPS) is 13.0. The third kappa shape index (κ3) is 2.11. The van der Waals surface area contributed by atoms with Gasteiger partial charge in [-0.1, -0.05) is 6.07 Å². The number of benzene rings is 1. The lowest BCUT2D eigenvalue weighted by molar-refractivity contribution is 0.103. The molecule has 3 aromatic rings. The zero-order valence-electron chi connectivity index (χ0n) is 13.4. The minimum absolute atomic E-state index is 0.0714. The number of nitrogens with zero attached hydrogens (tertiary/aromatic N) is 2. The summed E-state index contributed by atoms with van der Waals surface area (Å²) in [5, 5.41) is 10.1. The van der Waals surface area contributed by atoms with Gasteiger partial charge in [-0.2, -0.15) is 0 Å². The molecule has 0 radical (unpaired) electrons. The molecule has 0 aliphatic carbocycles. The van der Waals surface area contributed by atoms with Crippen LogP contribution in [-0.4, -0.2) is 41.2 Å². The number of phenolic OH excluding ortho intramolecular Hbond substituents is 1. The monoisotopic (exact) mass is 358 g/mol. The number of methoxy groups -OCH3 is 1. The molecule has 0 atom stereocenters. The lowest BCUT2D eigenvalue weighted by atomic mass is 10.1. The molecule has 0 unspecified atom stereocenters. The summed E-state index contributed by atoms with van der Waals surface area (Å²) in [6.45, 7) is 0. The second-order valence-electron chi connectivity index (χ2n) is 5.78. The molecule has 0 fully saturated rings. The third-order valence-corrected chi connectivity index (χ3v) is 5.23. The molecule has 0 spiro atoms. The Morgan fingerprint density at radius 3 is 2.60 bits per heavy atom. The highest BCUT2D eigenvalue weighted by atomic mass is 32.2. The van der Waals surface area contributed by atoms with Crippen LogP contribution in [0.3, 0.4) is 0 Å². The largest absolute Gasteiger partial charge is 0.504 e. The number of phenols is 1. The highest BCUT2D eigenvalue weighted by Gasteiger charge is 2.35. The van der Waals surface area contributed by atoms with Gasteiger partial charge in [-0.15, -0.1) is 0 Å². The fourth-order valence-corrected chi connectivity index (χ4v) is 3.94. The van der Waals surface area contributed by atoms with E-state index in [1.165, 1.54) is 19.4 Å². The van der Waals surface area contributed by atoms with Crippen LogP contribution in [0.4, 0.5) is 0 Å². The van der Waals surface area contributed by atoms with Crippen LogP contribution in [0.25, 0.3) is 16.8 Å². The van der Waals surface area contributed by atoms with E-state index in [2.05, 4.69) is 0 Å². The maximum atomic E-state index is 12.7. The number of hydrogen-bond acceptors (Lipinski definition) is 5. The van der Waals surface area contributed by atoms with Crippen LogP contribution in [0, 0.1) is 0 Å². The number of aromatic hydroxyl groups is 1. The Labute approximate surface area is 143 Å². The van der Waals surface area contributed by atoms with Crippen LogP contribution in [0.1, 0.15) is 16.2 Å². The highest BCUT2D eigenvalue weighted by Crippen LogP contribution is 2.41. The first-order valence-electron chi connectivity index (χ1n) is 7.38. The second-order valence-corrected chi connectivity index (χ2v) is 7.64. The van der Waals surface area contributed by atoms with Crippen molar-refractivity contribution in [1.29, 1.82) is 0 Å². The summed E-state index contributed by atoms with van der Waals surface area (Å²) in [7, 11) is -2.23. The van der Waals surface area contributed by atoms with Crippen molar-refractivity contribution in [2.24, 2.45) is 0 Å². The average molecular weight is 358 g/mol. The lowest BCUT2D eigenvalue weighted by Gasteiger charge is -2.07. The van der Waals surface area contributed by atoms with E-state index in [1.54, 1.807) is 35.0 Å². The molecular formula is C17H14N2O5S. The summed E-state index contributed by atoms with van der Waals surface area (Å²) in [6, 6.07) is 8.13. The van der Waals surface area contributed by atoms with Crippen molar-refractivity contribution in [3.8, 4) is 28.3 Å². The van der Waals surface area contributed by atoms with E-state index in [1.807, 2.05) is 0 Å². The number of rotatable bonds is 3. The molecule has 1 aliphatic rings. The van der Waals surface area contributed by atoms with Gasteiger partial charge in [0.1, 0.15) is 5.69 Å². The Morgan fingerprint density at radius 2 is 1.96 bits per heavy atom. The predicted molar refractivity (Wildman–Crippen MR) is 91.1 cm³/mol. The van der Waals surface area contributed by atoms with Gasteiger partial charge in [0, 0.05) is 18.0 Å². The van der Waals surface area contributed by atoms with Crippen molar-refractivity contribution in [3.05, 3.63) is 54.1 Å². The zero-order chi connectivity index (χ0) is 17.9. The minimum Gasteiger partial charge on any atom is -0.504 e. The van der Waals surface area contributed by atoms with E-state index < -0.39 is 10.0 Å². The predicted octanol–water partition coefficient (Wildman–Crippen LogP) is 2.01. The van der Waals surface area contributed by atoms with Gasteiger partial charge in [0.2, 0.25) is 15.8 Å². The van der Waals surface area contributed by atoms with Crippen molar-refractivity contribution in [2.75, 3.05) is 13.4 Å². The summed E-state index contributed by atoms with van der Waals surface area (Å²) in [4.78, 5) is 12.7. The molecule has 7 nitrogen and oxygen atoms in total. The molecule has 3 heterocycles. The third-order valence-electron chi connectivity index (χ3n) is 4.23. The van der Waals surface area contributed by atoms with E-state index in [4.69, 9.17) is 4.74 Å². The molecule has 1 N–H and O–H groups in total. The van der Waals surface area contributed by atoms with Crippen molar-refractivity contribution < 1.29 is 23.1 Å². The molecule has 0 saturated heterocycles.